The van der Waals surface area contributed by atoms with Gasteiger partial charge in [0.25, 0.3) is 0 Å². The predicted molar refractivity (Wildman–Crippen MR) is 113 cm³/mol. The van der Waals surface area contributed by atoms with E-state index in [1.165, 1.54) is 44.0 Å². The molecule has 3 rings (SSSR count). The van der Waals surface area contributed by atoms with Gasteiger partial charge >= 0.3 is 0 Å². The Hall–Kier alpha value is -1.81. The van der Waals surface area contributed by atoms with Gasteiger partial charge in [-0.1, -0.05) is 60.0 Å². The first kappa shape index (κ1) is 19.9. The quantitative estimate of drug-likeness (QED) is 0.663. The minimum atomic E-state index is -0.154. The average Bonchev–Trinajstić information content (AvgIpc) is 2.67. The molecule has 0 radical (unpaired) electrons. The summed E-state index contributed by atoms with van der Waals surface area (Å²) in [6.07, 6.45) is 7.14. The normalized spacial score (nSPS) is 15.2. The van der Waals surface area contributed by atoms with Crippen LogP contribution in [0.2, 0.25) is 10.0 Å². The number of benzene rings is 2. The zero-order chi connectivity index (χ0) is 19.1. The standard InChI is InChI=1S/C22H24Cl2N2O/c23-20-10-8-19(21(24)14-20)9-11-22(27)25-15-17-4-6-18(7-5-17)16-26-12-2-1-3-13-26/h4-11,14H,1-3,12-13,15-16H2,(H,25,27)/b11-9+. The Kier molecular flexibility index (Phi) is 7.33. The number of hydrogen-bond donors (Lipinski definition) is 1. The minimum Gasteiger partial charge on any atom is -0.348 e. The lowest BCUT2D eigenvalue weighted by Crippen LogP contribution is -2.29. The van der Waals surface area contributed by atoms with Gasteiger partial charge in [-0.3, -0.25) is 9.69 Å². The molecule has 0 saturated carbocycles. The summed E-state index contributed by atoms with van der Waals surface area (Å²) in [5, 5.41) is 3.99. The third kappa shape index (κ3) is 6.39. The van der Waals surface area contributed by atoms with Crippen LogP contribution in [0, 0.1) is 0 Å². The second-order valence-electron chi connectivity index (χ2n) is 6.87. The van der Waals surface area contributed by atoms with Crippen molar-refractivity contribution in [3.05, 3.63) is 75.3 Å². The third-order valence-electron chi connectivity index (χ3n) is 4.72. The van der Waals surface area contributed by atoms with Crippen molar-refractivity contribution in [1.29, 1.82) is 0 Å². The van der Waals surface area contributed by atoms with Gasteiger partial charge in [-0.15, -0.1) is 0 Å². The molecule has 142 valence electrons. The fourth-order valence-corrected chi connectivity index (χ4v) is 3.66. The number of piperidine rings is 1. The zero-order valence-corrected chi connectivity index (χ0v) is 16.8. The lowest BCUT2D eigenvalue weighted by atomic mass is 10.1. The van der Waals surface area contributed by atoms with Crippen LogP contribution in [0.15, 0.2) is 48.5 Å². The van der Waals surface area contributed by atoms with Crippen molar-refractivity contribution < 1.29 is 4.79 Å². The molecule has 1 heterocycles. The average molecular weight is 403 g/mol. The summed E-state index contributed by atoms with van der Waals surface area (Å²) < 4.78 is 0. The fourth-order valence-electron chi connectivity index (χ4n) is 3.19. The van der Waals surface area contributed by atoms with Crippen molar-refractivity contribution in [2.45, 2.75) is 32.4 Å². The van der Waals surface area contributed by atoms with Gasteiger partial charge in [0.2, 0.25) is 5.91 Å². The number of nitrogens with one attached hydrogen (secondary N) is 1. The van der Waals surface area contributed by atoms with Crippen LogP contribution in [-0.4, -0.2) is 23.9 Å². The molecule has 2 aromatic carbocycles. The van der Waals surface area contributed by atoms with Crippen LogP contribution in [0.5, 0.6) is 0 Å². The SMILES string of the molecule is O=C(/C=C/c1ccc(Cl)cc1Cl)NCc1ccc(CN2CCCCC2)cc1. The lowest BCUT2D eigenvalue weighted by Gasteiger charge is -2.26. The first-order chi connectivity index (χ1) is 13.1. The maximum atomic E-state index is 12.0. The molecule has 1 fully saturated rings. The summed E-state index contributed by atoms with van der Waals surface area (Å²) in [6, 6.07) is 13.7. The van der Waals surface area contributed by atoms with E-state index in [0.717, 1.165) is 17.7 Å². The smallest absolute Gasteiger partial charge is 0.244 e. The summed E-state index contributed by atoms with van der Waals surface area (Å²) in [6.45, 7) is 3.91. The van der Waals surface area contributed by atoms with E-state index in [2.05, 4.69) is 34.5 Å². The van der Waals surface area contributed by atoms with Crippen molar-refractivity contribution >= 4 is 35.2 Å². The Labute approximate surface area is 171 Å². The summed E-state index contributed by atoms with van der Waals surface area (Å²) in [4.78, 5) is 14.5. The molecular weight excluding hydrogens is 379 g/mol. The number of carbonyl (C=O) groups excluding carboxylic acids is 1. The maximum absolute atomic E-state index is 12.0. The molecule has 3 nitrogen and oxygen atoms in total. The molecule has 1 aliphatic heterocycles. The molecule has 0 atom stereocenters. The predicted octanol–water partition coefficient (Wildman–Crippen LogP) is 5.31. The number of rotatable bonds is 6. The number of amides is 1. The second-order valence-corrected chi connectivity index (χ2v) is 7.71. The molecule has 1 saturated heterocycles. The minimum absolute atomic E-state index is 0.154. The molecule has 2 aromatic rings. The van der Waals surface area contributed by atoms with Crippen molar-refractivity contribution in [1.82, 2.24) is 10.2 Å². The monoisotopic (exact) mass is 402 g/mol. The highest BCUT2D eigenvalue weighted by Crippen LogP contribution is 2.22. The molecule has 0 bridgehead atoms. The van der Waals surface area contributed by atoms with Crippen LogP contribution < -0.4 is 5.32 Å². The number of hydrogen-bond acceptors (Lipinski definition) is 2. The van der Waals surface area contributed by atoms with E-state index in [9.17, 15) is 4.79 Å². The Morgan fingerprint density at radius 2 is 1.70 bits per heavy atom. The van der Waals surface area contributed by atoms with E-state index in [1.807, 2.05) is 0 Å². The first-order valence-corrected chi connectivity index (χ1v) is 10.1. The Balaban J connectivity index is 1.47. The van der Waals surface area contributed by atoms with E-state index < -0.39 is 0 Å². The van der Waals surface area contributed by atoms with Crippen LogP contribution in [0.4, 0.5) is 0 Å². The summed E-state index contributed by atoms with van der Waals surface area (Å²) in [5.74, 6) is -0.154. The fraction of sp³-hybridized carbons (Fsp3) is 0.318. The number of carbonyl (C=O) groups is 1. The molecule has 27 heavy (non-hydrogen) atoms. The lowest BCUT2D eigenvalue weighted by molar-refractivity contribution is -0.116. The third-order valence-corrected chi connectivity index (χ3v) is 5.28. The number of nitrogens with zero attached hydrogens (tertiary/aromatic N) is 1. The van der Waals surface area contributed by atoms with Crippen LogP contribution in [0.25, 0.3) is 6.08 Å². The van der Waals surface area contributed by atoms with Crippen LogP contribution in [0.1, 0.15) is 36.0 Å². The van der Waals surface area contributed by atoms with Crippen LogP contribution >= 0.6 is 23.2 Å². The summed E-state index contributed by atoms with van der Waals surface area (Å²) in [5.41, 5.74) is 3.17. The van der Waals surface area contributed by atoms with Gasteiger partial charge in [0.1, 0.15) is 0 Å². The molecule has 0 spiro atoms. The largest absolute Gasteiger partial charge is 0.348 e. The highest BCUT2D eigenvalue weighted by Gasteiger charge is 2.10. The summed E-state index contributed by atoms with van der Waals surface area (Å²) in [7, 11) is 0. The number of likely N-dealkylation sites (tertiary alicyclic amines) is 1. The van der Waals surface area contributed by atoms with Gasteiger partial charge in [0.15, 0.2) is 0 Å². The molecule has 1 aliphatic rings. The Bertz CT molecular complexity index is 796. The zero-order valence-electron chi connectivity index (χ0n) is 15.3. The van der Waals surface area contributed by atoms with Crippen LogP contribution in [-0.2, 0) is 17.9 Å². The molecule has 5 heteroatoms. The molecule has 1 amide bonds. The molecule has 0 aromatic heterocycles. The Morgan fingerprint density at radius 1 is 1.00 bits per heavy atom. The molecule has 1 N–H and O–H groups in total. The van der Waals surface area contributed by atoms with Crippen LogP contribution in [0.3, 0.4) is 0 Å². The van der Waals surface area contributed by atoms with E-state index in [1.54, 1.807) is 24.3 Å². The van der Waals surface area contributed by atoms with Gasteiger partial charge in [-0.25, -0.2) is 0 Å². The Morgan fingerprint density at radius 3 is 2.41 bits per heavy atom. The van der Waals surface area contributed by atoms with Gasteiger partial charge in [0.05, 0.1) is 0 Å². The van der Waals surface area contributed by atoms with Crippen molar-refractivity contribution in [3.63, 3.8) is 0 Å². The first-order valence-electron chi connectivity index (χ1n) is 9.31. The van der Waals surface area contributed by atoms with Crippen molar-refractivity contribution in [2.75, 3.05) is 13.1 Å². The number of halogens is 2. The van der Waals surface area contributed by atoms with E-state index in [-0.39, 0.29) is 5.91 Å². The topological polar surface area (TPSA) is 32.3 Å². The second kappa shape index (κ2) is 9.93. The van der Waals surface area contributed by atoms with Crippen molar-refractivity contribution in [3.8, 4) is 0 Å². The summed E-state index contributed by atoms with van der Waals surface area (Å²) >= 11 is 12.0. The van der Waals surface area contributed by atoms with Gasteiger partial charge in [-0.05, 0) is 60.8 Å². The molecule has 0 aliphatic carbocycles. The highest BCUT2D eigenvalue weighted by atomic mass is 35.5. The highest BCUT2D eigenvalue weighted by molar-refractivity contribution is 6.35. The molecule has 0 unspecified atom stereocenters. The van der Waals surface area contributed by atoms with E-state index in [4.69, 9.17) is 23.2 Å². The van der Waals surface area contributed by atoms with Gasteiger partial charge in [0, 0.05) is 29.2 Å². The van der Waals surface area contributed by atoms with Gasteiger partial charge < -0.3 is 5.32 Å². The van der Waals surface area contributed by atoms with E-state index >= 15 is 0 Å². The van der Waals surface area contributed by atoms with Crippen molar-refractivity contribution in [2.24, 2.45) is 0 Å². The molecular formula is C22H24Cl2N2O. The van der Waals surface area contributed by atoms with Gasteiger partial charge in [-0.2, -0.15) is 0 Å². The van der Waals surface area contributed by atoms with E-state index in [0.29, 0.717) is 16.6 Å². The maximum Gasteiger partial charge on any atom is 0.244 e.